The van der Waals surface area contributed by atoms with Crippen molar-refractivity contribution in [3.05, 3.63) is 23.8 Å². The lowest BCUT2D eigenvalue weighted by Gasteiger charge is -2.13. The molecule has 2 N–H and O–H groups in total. The molecule has 0 aliphatic carbocycles. The lowest BCUT2D eigenvalue weighted by molar-refractivity contribution is -0.145. The summed E-state index contributed by atoms with van der Waals surface area (Å²) in [4.78, 5) is 11.4. The summed E-state index contributed by atoms with van der Waals surface area (Å²) in [7, 11) is 1.54. The second-order valence-electron chi connectivity index (χ2n) is 3.85. The van der Waals surface area contributed by atoms with Gasteiger partial charge in [0.05, 0.1) is 13.7 Å². The van der Waals surface area contributed by atoms with Crippen molar-refractivity contribution >= 4 is 5.97 Å². The number of hydrogen-bond donors (Lipinski definition) is 2. The van der Waals surface area contributed by atoms with Crippen molar-refractivity contribution in [1.82, 2.24) is 5.32 Å². The molecule has 0 saturated carbocycles. The number of phenols is 1. The van der Waals surface area contributed by atoms with Gasteiger partial charge in [-0.15, -0.1) is 0 Å². The third-order valence-corrected chi connectivity index (χ3v) is 2.53. The number of rotatable bonds is 6. The molecule has 0 aromatic heterocycles. The summed E-state index contributed by atoms with van der Waals surface area (Å²) in [5, 5.41) is 12.7. The smallest absolute Gasteiger partial charge is 0.322 e. The highest BCUT2D eigenvalue weighted by Gasteiger charge is 2.13. The standard InChI is InChI=1S/C13H19NO4/c1-4-18-13(16)9(2)14-8-10-5-6-11(17-3)7-12(10)15/h5-7,9,14-15H,4,8H2,1-3H3. The van der Waals surface area contributed by atoms with E-state index in [0.717, 1.165) is 0 Å². The molecule has 1 atom stereocenters. The summed E-state index contributed by atoms with van der Waals surface area (Å²) in [5.74, 6) is 0.429. The van der Waals surface area contributed by atoms with Crippen LogP contribution in [0.25, 0.3) is 0 Å². The van der Waals surface area contributed by atoms with Gasteiger partial charge in [-0.05, 0) is 19.9 Å². The van der Waals surface area contributed by atoms with E-state index in [-0.39, 0.29) is 11.7 Å². The van der Waals surface area contributed by atoms with E-state index in [0.29, 0.717) is 24.5 Å². The topological polar surface area (TPSA) is 67.8 Å². The zero-order valence-electron chi connectivity index (χ0n) is 10.9. The number of carbonyl (C=O) groups excluding carboxylic acids is 1. The Labute approximate surface area is 107 Å². The van der Waals surface area contributed by atoms with Gasteiger partial charge in [-0.25, -0.2) is 0 Å². The van der Waals surface area contributed by atoms with Gasteiger partial charge in [-0.1, -0.05) is 6.07 Å². The maximum absolute atomic E-state index is 11.4. The minimum Gasteiger partial charge on any atom is -0.507 e. The Bertz CT molecular complexity index is 406. The fraction of sp³-hybridized carbons (Fsp3) is 0.462. The molecule has 0 saturated heterocycles. The lowest BCUT2D eigenvalue weighted by atomic mass is 10.2. The van der Waals surface area contributed by atoms with Crippen LogP contribution in [-0.2, 0) is 16.1 Å². The van der Waals surface area contributed by atoms with Crippen LogP contribution in [0.3, 0.4) is 0 Å². The molecule has 0 fully saturated rings. The van der Waals surface area contributed by atoms with Gasteiger partial charge in [0.25, 0.3) is 0 Å². The quantitative estimate of drug-likeness (QED) is 0.751. The first-order chi connectivity index (χ1) is 8.58. The molecule has 1 aromatic carbocycles. The Kier molecular flexibility index (Phi) is 5.45. The number of aromatic hydroxyl groups is 1. The molecular formula is C13H19NO4. The number of benzene rings is 1. The van der Waals surface area contributed by atoms with Gasteiger partial charge in [-0.3, -0.25) is 4.79 Å². The fourth-order valence-corrected chi connectivity index (χ4v) is 1.43. The van der Waals surface area contributed by atoms with Gasteiger partial charge in [-0.2, -0.15) is 0 Å². The van der Waals surface area contributed by atoms with Crippen molar-refractivity contribution < 1.29 is 19.4 Å². The number of hydrogen-bond acceptors (Lipinski definition) is 5. The molecule has 0 aliphatic heterocycles. The van der Waals surface area contributed by atoms with E-state index in [1.807, 2.05) is 0 Å². The van der Waals surface area contributed by atoms with Crippen LogP contribution in [0, 0.1) is 0 Å². The van der Waals surface area contributed by atoms with Crippen molar-refractivity contribution in [2.45, 2.75) is 26.4 Å². The minimum absolute atomic E-state index is 0.137. The van der Waals surface area contributed by atoms with Gasteiger partial charge >= 0.3 is 5.97 Å². The number of carbonyl (C=O) groups is 1. The predicted molar refractivity (Wildman–Crippen MR) is 67.6 cm³/mol. The molecule has 1 rings (SSSR count). The third-order valence-electron chi connectivity index (χ3n) is 2.53. The molecule has 0 heterocycles. The first-order valence-electron chi connectivity index (χ1n) is 5.84. The largest absolute Gasteiger partial charge is 0.507 e. The van der Waals surface area contributed by atoms with E-state index in [1.165, 1.54) is 13.2 Å². The molecule has 0 spiro atoms. The maximum atomic E-state index is 11.4. The number of nitrogens with one attached hydrogen (secondary N) is 1. The van der Waals surface area contributed by atoms with Gasteiger partial charge in [0.15, 0.2) is 0 Å². The van der Waals surface area contributed by atoms with Gasteiger partial charge in [0.1, 0.15) is 17.5 Å². The van der Waals surface area contributed by atoms with Crippen LogP contribution in [-0.4, -0.2) is 30.8 Å². The SMILES string of the molecule is CCOC(=O)C(C)NCc1ccc(OC)cc1O. The van der Waals surface area contributed by atoms with Crippen LogP contribution in [0.15, 0.2) is 18.2 Å². The van der Waals surface area contributed by atoms with Crippen molar-refractivity contribution in [3.8, 4) is 11.5 Å². The molecule has 0 aliphatic rings. The van der Waals surface area contributed by atoms with Crippen LogP contribution in [0.5, 0.6) is 11.5 Å². The lowest BCUT2D eigenvalue weighted by Crippen LogP contribution is -2.34. The molecule has 0 amide bonds. The molecule has 0 bridgehead atoms. The molecule has 5 heteroatoms. The monoisotopic (exact) mass is 253 g/mol. The van der Waals surface area contributed by atoms with E-state index < -0.39 is 6.04 Å². The molecule has 5 nitrogen and oxygen atoms in total. The molecule has 18 heavy (non-hydrogen) atoms. The van der Waals surface area contributed by atoms with E-state index >= 15 is 0 Å². The molecular weight excluding hydrogens is 234 g/mol. The average molecular weight is 253 g/mol. The van der Waals surface area contributed by atoms with Crippen LogP contribution in [0.4, 0.5) is 0 Å². The molecule has 100 valence electrons. The summed E-state index contributed by atoms with van der Waals surface area (Å²) in [5.41, 5.74) is 0.701. The van der Waals surface area contributed by atoms with Crippen molar-refractivity contribution in [2.75, 3.05) is 13.7 Å². The van der Waals surface area contributed by atoms with Crippen molar-refractivity contribution in [1.29, 1.82) is 0 Å². The second kappa shape index (κ2) is 6.86. The maximum Gasteiger partial charge on any atom is 0.322 e. The minimum atomic E-state index is -0.411. The van der Waals surface area contributed by atoms with E-state index in [9.17, 15) is 9.90 Å². The Morgan fingerprint density at radius 1 is 1.50 bits per heavy atom. The summed E-state index contributed by atoms with van der Waals surface area (Å²) in [6.45, 7) is 4.23. The first-order valence-corrected chi connectivity index (χ1v) is 5.84. The Hall–Kier alpha value is -1.75. The molecule has 1 aromatic rings. The second-order valence-corrected chi connectivity index (χ2v) is 3.85. The first kappa shape index (κ1) is 14.3. The zero-order valence-corrected chi connectivity index (χ0v) is 10.9. The summed E-state index contributed by atoms with van der Waals surface area (Å²) < 4.78 is 9.87. The number of ether oxygens (including phenoxy) is 2. The Morgan fingerprint density at radius 3 is 2.78 bits per heavy atom. The molecule has 1 unspecified atom stereocenters. The van der Waals surface area contributed by atoms with Gasteiger partial charge in [0.2, 0.25) is 0 Å². The van der Waals surface area contributed by atoms with Crippen LogP contribution >= 0.6 is 0 Å². The predicted octanol–water partition coefficient (Wildman–Crippen LogP) is 1.44. The number of phenolic OH excluding ortho intramolecular Hbond substituents is 1. The Morgan fingerprint density at radius 2 is 2.22 bits per heavy atom. The van der Waals surface area contributed by atoms with E-state index in [4.69, 9.17) is 9.47 Å². The van der Waals surface area contributed by atoms with E-state index in [2.05, 4.69) is 5.32 Å². The highest BCUT2D eigenvalue weighted by Crippen LogP contribution is 2.23. The number of esters is 1. The summed E-state index contributed by atoms with van der Waals surface area (Å²) in [6, 6.07) is 4.63. The van der Waals surface area contributed by atoms with Crippen LogP contribution in [0.1, 0.15) is 19.4 Å². The Balaban J connectivity index is 2.55. The number of methoxy groups -OCH3 is 1. The highest BCUT2D eigenvalue weighted by molar-refractivity contribution is 5.75. The van der Waals surface area contributed by atoms with Crippen molar-refractivity contribution in [2.24, 2.45) is 0 Å². The summed E-state index contributed by atoms with van der Waals surface area (Å²) in [6.07, 6.45) is 0. The highest BCUT2D eigenvalue weighted by atomic mass is 16.5. The van der Waals surface area contributed by atoms with Crippen LogP contribution < -0.4 is 10.1 Å². The van der Waals surface area contributed by atoms with E-state index in [1.54, 1.807) is 26.0 Å². The van der Waals surface area contributed by atoms with Crippen molar-refractivity contribution in [3.63, 3.8) is 0 Å². The fourth-order valence-electron chi connectivity index (χ4n) is 1.43. The third kappa shape index (κ3) is 3.92. The molecule has 0 radical (unpaired) electrons. The zero-order chi connectivity index (χ0) is 13.5. The summed E-state index contributed by atoms with van der Waals surface area (Å²) >= 11 is 0. The average Bonchev–Trinajstić information content (AvgIpc) is 2.37. The van der Waals surface area contributed by atoms with Crippen LogP contribution in [0.2, 0.25) is 0 Å². The van der Waals surface area contributed by atoms with Gasteiger partial charge < -0.3 is 19.9 Å². The normalized spacial score (nSPS) is 11.9. The van der Waals surface area contributed by atoms with Gasteiger partial charge in [0, 0.05) is 18.2 Å².